The van der Waals surface area contributed by atoms with Gasteiger partial charge in [-0.15, -0.1) is 0 Å². The van der Waals surface area contributed by atoms with Crippen LogP contribution in [0.3, 0.4) is 0 Å². The van der Waals surface area contributed by atoms with E-state index in [4.69, 9.17) is 0 Å². The third kappa shape index (κ3) is 9.16. The second-order valence-corrected chi connectivity index (χ2v) is 8.51. The summed E-state index contributed by atoms with van der Waals surface area (Å²) in [7, 11) is 0. The average Bonchev–Trinajstić information content (AvgIpc) is 2.83. The van der Waals surface area contributed by atoms with Crippen molar-refractivity contribution >= 4 is 0 Å². The van der Waals surface area contributed by atoms with Gasteiger partial charge in [0.1, 0.15) is 0 Å². The standard InChI is InChI=1S/C14H26.C7H14.C2H6/c1-12-6-5-9-14(11-10-12)13-7-3-2-4-8-13;1-7-5-3-2-4-6-7;1-2/h12-14H,2-11H2,1H3;7H,2-6H2,1H3;1-2H3. The molecule has 0 heteroatoms. The van der Waals surface area contributed by atoms with Gasteiger partial charge in [-0.25, -0.2) is 0 Å². The predicted molar refractivity (Wildman–Crippen MR) is 106 cm³/mol. The lowest BCUT2D eigenvalue weighted by Crippen LogP contribution is -2.17. The van der Waals surface area contributed by atoms with Crippen LogP contribution in [-0.4, -0.2) is 0 Å². The Morgan fingerprint density at radius 3 is 1.30 bits per heavy atom. The van der Waals surface area contributed by atoms with E-state index in [-0.39, 0.29) is 0 Å². The van der Waals surface area contributed by atoms with Crippen LogP contribution in [0.1, 0.15) is 124 Å². The molecule has 23 heavy (non-hydrogen) atoms. The second kappa shape index (κ2) is 13.3. The summed E-state index contributed by atoms with van der Waals surface area (Å²) in [6.45, 7) is 8.81. The first-order chi connectivity index (χ1) is 11.3. The topological polar surface area (TPSA) is 0 Å². The summed E-state index contributed by atoms with van der Waals surface area (Å²) in [5.74, 6) is 4.28. The van der Waals surface area contributed by atoms with Crippen molar-refractivity contribution in [3.8, 4) is 0 Å². The highest BCUT2D eigenvalue weighted by Gasteiger charge is 2.25. The van der Waals surface area contributed by atoms with Gasteiger partial charge in [0.05, 0.1) is 0 Å². The van der Waals surface area contributed by atoms with Gasteiger partial charge in [0.2, 0.25) is 0 Å². The molecule has 2 unspecified atom stereocenters. The van der Waals surface area contributed by atoms with E-state index in [9.17, 15) is 0 Å². The molecule has 0 N–H and O–H groups in total. The molecule has 2 atom stereocenters. The zero-order chi connectivity index (χ0) is 16.9. The third-order valence-corrected chi connectivity index (χ3v) is 6.51. The molecule has 3 fully saturated rings. The highest BCUT2D eigenvalue weighted by atomic mass is 14.3. The fourth-order valence-corrected chi connectivity index (χ4v) is 4.90. The zero-order valence-electron chi connectivity index (χ0n) is 16.9. The van der Waals surface area contributed by atoms with E-state index in [1.165, 1.54) is 70.6 Å². The van der Waals surface area contributed by atoms with Crippen LogP contribution >= 0.6 is 0 Å². The molecule has 0 spiro atoms. The van der Waals surface area contributed by atoms with Gasteiger partial charge in [-0.3, -0.25) is 0 Å². The Bertz CT molecular complexity index is 245. The Labute approximate surface area is 148 Å². The van der Waals surface area contributed by atoms with Gasteiger partial charge in [-0.1, -0.05) is 118 Å². The van der Waals surface area contributed by atoms with Crippen LogP contribution in [-0.2, 0) is 0 Å². The largest absolute Gasteiger partial charge is 0.0683 e. The van der Waals surface area contributed by atoms with Crippen molar-refractivity contribution < 1.29 is 0 Å². The Morgan fingerprint density at radius 1 is 0.391 bits per heavy atom. The minimum absolute atomic E-state index is 1.02. The summed E-state index contributed by atoms with van der Waals surface area (Å²) in [6, 6.07) is 0. The van der Waals surface area contributed by atoms with Crippen molar-refractivity contribution in [3.63, 3.8) is 0 Å². The average molecular weight is 323 g/mol. The number of rotatable bonds is 1. The predicted octanol–water partition coefficient (Wildman–Crippen LogP) is 8.40. The Morgan fingerprint density at radius 2 is 0.783 bits per heavy atom. The monoisotopic (exact) mass is 322 g/mol. The summed E-state index contributed by atoms with van der Waals surface area (Å²) >= 11 is 0. The molecule has 3 aliphatic carbocycles. The fourth-order valence-electron chi connectivity index (χ4n) is 4.90. The number of hydrogen-bond donors (Lipinski definition) is 0. The molecule has 0 aliphatic heterocycles. The van der Waals surface area contributed by atoms with Crippen molar-refractivity contribution in [1.82, 2.24) is 0 Å². The highest BCUT2D eigenvalue weighted by Crippen LogP contribution is 2.38. The molecule has 0 radical (unpaired) electrons. The summed E-state index contributed by atoms with van der Waals surface area (Å²) in [5.41, 5.74) is 0. The van der Waals surface area contributed by atoms with Crippen LogP contribution in [0.25, 0.3) is 0 Å². The highest BCUT2D eigenvalue weighted by molar-refractivity contribution is 4.77. The van der Waals surface area contributed by atoms with Crippen molar-refractivity contribution in [3.05, 3.63) is 0 Å². The molecule has 0 aromatic carbocycles. The van der Waals surface area contributed by atoms with E-state index >= 15 is 0 Å². The van der Waals surface area contributed by atoms with Gasteiger partial charge < -0.3 is 0 Å². The van der Waals surface area contributed by atoms with Crippen LogP contribution in [0.4, 0.5) is 0 Å². The molecule has 3 rings (SSSR count). The number of hydrogen-bond acceptors (Lipinski definition) is 0. The summed E-state index contributed by atoms with van der Waals surface area (Å²) in [5, 5.41) is 0. The van der Waals surface area contributed by atoms with Gasteiger partial charge in [0.25, 0.3) is 0 Å². The molecule has 0 heterocycles. The van der Waals surface area contributed by atoms with Gasteiger partial charge in [-0.2, -0.15) is 0 Å². The first kappa shape index (κ1) is 21.0. The molecule has 3 saturated carbocycles. The third-order valence-electron chi connectivity index (χ3n) is 6.51. The van der Waals surface area contributed by atoms with Gasteiger partial charge in [-0.05, 0) is 30.1 Å². The Hall–Kier alpha value is 0. The molecule has 0 nitrogen and oxygen atoms in total. The van der Waals surface area contributed by atoms with Crippen molar-refractivity contribution in [2.45, 2.75) is 124 Å². The lowest BCUT2D eigenvalue weighted by molar-refractivity contribution is 0.225. The molecule has 0 aromatic rings. The molecule has 3 aliphatic rings. The van der Waals surface area contributed by atoms with Crippen molar-refractivity contribution in [1.29, 1.82) is 0 Å². The van der Waals surface area contributed by atoms with E-state index in [2.05, 4.69) is 13.8 Å². The van der Waals surface area contributed by atoms with E-state index in [0.29, 0.717) is 0 Å². The van der Waals surface area contributed by atoms with E-state index in [0.717, 1.165) is 23.7 Å². The fraction of sp³-hybridized carbons (Fsp3) is 1.00. The normalized spacial score (nSPS) is 30.3. The van der Waals surface area contributed by atoms with E-state index in [1.54, 1.807) is 25.7 Å². The molecule has 0 aromatic heterocycles. The minimum atomic E-state index is 1.02. The maximum absolute atomic E-state index is 2.45. The summed E-state index contributed by atoms with van der Waals surface area (Å²) < 4.78 is 0. The molecular formula is C23H46. The quantitative estimate of drug-likeness (QED) is 0.425. The van der Waals surface area contributed by atoms with Crippen LogP contribution in [0.15, 0.2) is 0 Å². The minimum Gasteiger partial charge on any atom is -0.0683 e. The van der Waals surface area contributed by atoms with Gasteiger partial charge in [0, 0.05) is 0 Å². The van der Waals surface area contributed by atoms with E-state index < -0.39 is 0 Å². The first-order valence-corrected chi connectivity index (χ1v) is 11.3. The summed E-state index contributed by atoms with van der Waals surface area (Å²) in [4.78, 5) is 0. The van der Waals surface area contributed by atoms with Crippen LogP contribution < -0.4 is 0 Å². The smallest absolute Gasteiger partial charge is 0.0386 e. The van der Waals surface area contributed by atoms with Gasteiger partial charge in [0.15, 0.2) is 0 Å². The molecule has 0 saturated heterocycles. The lowest BCUT2D eigenvalue weighted by Gasteiger charge is -2.29. The second-order valence-electron chi connectivity index (χ2n) is 8.51. The maximum Gasteiger partial charge on any atom is -0.0386 e. The van der Waals surface area contributed by atoms with E-state index in [1.807, 2.05) is 13.8 Å². The van der Waals surface area contributed by atoms with Crippen LogP contribution in [0.5, 0.6) is 0 Å². The Kier molecular flexibility index (Phi) is 12.2. The van der Waals surface area contributed by atoms with Gasteiger partial charge >= 0.3 is 0 Å². The van der Waals surface area contributed by atoms with Crippen LogP contribution in [0, 0.1) is 23.7 Å². The first-order valence-electron chi connectivity index (χ1n) is 11.3. The summed E-state index contributed by atoms with van der Waals surface area (Å²) in [6.07, 6.45) is 22.7. The van der Waals surface area contributed by atoms with Crippen LogP contribution in [0.2, 0.25) is 0 Å². The SMILES string of the molecule is CC.CC1CCCC(C2CCCCC2)CC1.CC1CCCCC1. The zero-order valence-corrected chi connectivity index (χ0v) is 16.9. The maximum atomic E-state index is 2.45. The Balaban J connectivity index is 0.000000247. The molecule has 0 amide bonds. The molecule has 138 valence electrons. The van der Waals surface area contributed by atoms with Crippen molar-refractivity contribution in [2.75, 3.05) is 0 Å². The molecule has 0 bridgehead atoms. The molecular weight excluding hydrogens is 276 g/mol. The lowest BCUT2D eigenvalue weighted by atomic mass is 9.77. The van der Waals surface area contributed by atoms with Crippen molar-refractivity contribution in [2.24, 2.45) is 23.7 Å².